The standard InChI is InChI=1S/C29H48O/c1-7-29-18-15-24(21(4)10-8-9-20(2)3)28(29,6)17-14-25-26(29)12-11-22-19-23(30)13-16-27(22,25)5/h7,20-24,30H,1,8-19H2,2-6H3/t21-,22+,23+,24-,27+,28-,29+/m1/s1. The van der Waals surface area contributed by atoms with Crippen LogP contribution in [0.2, 0.25) is 0 Å². The van der Waals surface area contributed by atoms with Gasteiger partial charge in [-0.25, -0.2) is 0 Å². The van der Waals surface area contributed by atoms with Gasteiger partial charge in [0.25, 0.3) is 0 Å². The first kappa shape index (κ1) is 22.6. The molecule has 1 heteroatoms. The van der Waals surface area contributed by atoms with Gasteiger partial charge in [-0.15, -0.1) is 6.58 Å². The van der Waals surface area contributed by atoms with E-state index in [1.807, 2.05) is 11.1 Å². The third kappa shape index (κ3) is 3.28. The predicted octanol–water partition coefficient (Wildman–Crippen LogP) is 8.09. The molecule has 0 unspecified atom stereocenters. The van der Waals surface area contributed by atoms with Crippen LogP contribution in [-0.2, 0) is 0 Å². The van der Waals surface area contributed by atoms with Crippen molar-refractivity contribution in [3.63, 3.8) is 0 Å². The summed E-state index contributed by atoms with van der Waals surface area (Å²) >= 11 is 0. The third-order valence-electron chi connectivity index (χ3n) is 10.8. The SMILES string of the molecule is C=C[C@@]12CC[C@H]([C@H](C)CCCC(C)C)[C@@]1(C)CCC1=C2CC[C@H]2C[C@@H](O)CC[C@]12C. The fourth-order valence-corrected chi connectivity index (χ4v) is 8.98. The van der Waals surface area contributed by atoms with Crippen molar-refractivity contribution in [2.45, 2.75) is 118 Å². The minimum atomic E-state index is -0.0602. The van der Waals surface area contributed by atoms with Gasteiger partial charge in [0.15, 0.2) is 0 Å². The Morgan fingerprint density at radius 3 is 2.47 bits per heavy atom. The molecule has 0 amide bonds. The number of rotatable bonds is 6. The van der Waals surface area contributed by atoms with E-state index < -0.39 is 0 Å². The van der Waals surface area contributed by atoms with E-state index in [2.05, 4.69) is 47.3 Å². The highest BCUT2D eigenvalue weighted by Crippen LogP contribution is 2.71. The van der Waals surface area contributed by atoms with Crippen molar-refractivity contribution < 1.29 is 5.11 Å². The van der Waals surface area contributed by atoms with Gasteiger partial charge in [-0.1, -0.05) is 71.1 Å². The van der Waals surface area contributed by atoms with Crippen molar-refractivity contribution in [3.8, 4) is 0 Å². The molecule has 0 radical (unpaired) electrons. The van der Waals surface area contributed by atoms with E-state index >= 15 is 0 Å². The van der Waals surface area contributed by atoms with Crippen molar-refractivity contribution in [1.29, 1.82) is 0 Å². The maximum atomic E-state index is 10.3. The highest BCUT2D eigenvalue weighted by atomic mass is 16.3. The summed E-state index contributed by atoms with van der Waals surface area (Å²) in [4.78, 5) is 0. The van der Waals surface area contributed by atoms with Gasteiger partial charge in [-0.3, -0.25) is 0 Å². The van der Waals surface area contributed by atoms with E-state index in [0.717, 1.165) is 30.6 Å². The molecule has 4 rings (SSSR count). The second-order valence-corrected chi connectivity index (χ2v) is 12.6. The molecule has 0 aliphatic heterocycles. The van der Waals surface area contributed by atoms with Crippen LogP contribution in [0.5, 0.6) is 0 Å². The summed E-state index contributed by atoms with van der Waals surface area (Å²) in [6.45, 7) is 17.0. The van der Waals surface area contributed by atoms with Gasteiger partial charge in [-0.05, 0) is 92.3 Å². The molecule has 0 aromatic heterocycles. The molecule has 0 bridgehead atoms. The number of aliphatic hydroxyl groups excluding tert-OH is 1. The van der Waals surface area contributed by atoms with E-state index in [4.69, 9.17) is 0 Å². The fourth-order valence-electron chi connectivity index (χ4n) is 8.98. The molecule has 4 aliphatic carbocycles. The summed E-state index contributed by atoms with van der Waals surface area (Å²) in [6, 6.07) is 0. The number of aliphatic hydroxyl groups is 1. The first-order chi connectivity index (χ1) is 14.2. The zero-order valence-electron chi connectivity index (χ0n) is 20.6. The smallest absolute Gasteiger partial charge is 0.0543 e. The van der Waals surface area contributed by atoms with Crippen molar-refractivity contribution in [2.75, 3.05) is 0 Å². The van der Waals surface area contributed by atoms with Crippen LogP contribution in [0.3, 0.4) is 0 Å². The Morgan fingerprint density at radius 1 is 1.00 bits per heavy atom. The van der Waals surface area contributed by atoms with Crippen LogP contribution in [0.25, 0.3) is 0 Å². The number of hydrogen-bond acceptors (Lipinski definition) is 1. The molecule has 1 N–H and O–H groups in total. The number of allylic oxidation sites excluding steroid dienone is 3. The van der Waals surface area contributed by atoms with Crippen molar-refractivity contribution >= 4 is 0 Å². The van der Waals surface area contributed by atoms with Gasteiger partial charge in [-0.2, -0.15) is 0 Å². The van der Waals surface area contributed by atoms with E-state index in [0.29, 0.717) is 16.7 Å². The second kappa shape index (κ2) is 8.09. The molecule has 1 nitrogen and oxygen atoms in total. The van der Waals surface area contributed by atoms with Crippen LogP contribution in [0.15, 0.2) is 23.8 Å². The van der Waals surface area contributed by atoms with Gasteiger partial charge in [0.2, 0.25) is 0 Å². The van der Waals surface area contributed by atoms with Gasteiger partial charge < -0.3 is 5.11 Å². The van der Waals surface area contributed by atoms with Gasteiger partial charge >= 0.3 is 0 Å². The van der Waals surface area contributed by atoms with Crippen molar-refractivity contribution in [1.82, 2.24) is 0 Å². The van der Waals surface area contributed by atoms with E-state index in [1.165, 1.54) is 64.2 Å². The predicted molar refractivity (Wildman–Crippen MR) is 128 cm³/mol. The maximum absolute atomic E-state index is 10.3. The highest BCUT2D eigenvalue weighted by Gasteiger charge is 2.62. The van der Waals surface area contributed by atoms with Crippen molar-refractivity contribution in [2.24, 2.45) is 39.9 Å². The molecule has 7 atom stereocenters. The Kier molecular flexibility index (Phi) is 6.10. The topological polar surface area (TPSA) is 20.2 Å². The van der Waals surface area contributed by atoms with E-state index in [1.54, 1.807) is 0 Å². The summed E-state index contributed by atoms with van der Waals surface area (Å²) in [5.74, 6) is 3.19. The Morgan fingerprint density at radius 2 is 1.77 bits per heavy atom. The zero-order chi connectivity index (χ0) is 21.7. The minimum absolute atomic E-state index is 0.0602. The Balaban J connectivity index is 1.64. The summed E-state index contributed by atoms with van der Waals surface area (Å²) in [5, 5.41) is 10.3. The maximum Gasteiger partial charge on any atom is 0.0543 e. The first-order valence-electron chi connectivity index (χ1n) is 13.2. The van der Waals surface area contributed by atoms with Crippen LogP contribution in [0.4, 0.5) is 0 Å². The molecule has 0 heterocycles. The Bertz CT molecular complexity index is 688. The molecule has 2 saturated carbocycles. The fraction of sp³-hybridized carbons (Fsp3) is 0.862. The summed E-state index contributed by atoms with van der Waals surface area (Å²) in [5.41, 5.74) is 4.60. The zero-order valence-corrected chi connectivity index (χ0v) is 20.6. The molecule has 0 aromatic carbocycles. The normalized spacial score (nSPS) is 44.4. The molecular formula is C29H48O. The second-order valence-electron chi connectivity index (χ2n) is 12.6. The molecule has 30 heavy (non-hydrogen) atoms. The molecule has 4 aliphatic rings. The molecular weight excluding hydrogens is 364 g/mol. The lowest BCUT2D eigenvalue weighted by molar-refractivity contribution is 0.00226. The van der Waals surface area contributed by atoms with E-state index in [-0.39, 0.29) is 11.5 Å². The molecule has 0 aromatic rings. The molecule has 0 saturated heterocycles. The van der Waals surface area contributed by atoms with Crippen LogP contribution in [0.1, 0.15) is 112 Å². The van der Waals surface area contributed by atoms with Crippen LogP contribution < -0.4 is 0 Å². The average molecular weight is 413 g/mol. The lowest BCUT2D eigenvalue weighted by Crippen LogP contribution is -2.49. The molecule has 0 spiro atoms. The minimum Gasteiger partial charge on any atom is -0.393 e. The summed E-state index contributed by atoms with van der Waals surface area (Å²) in [7, 11) is 0. The van der Waals surface area contributed by atoms with Gasteiger partial charge in [0.1, 0.15) is 0 Å². The Labute approximate surface area is 186 Å². The third-order valence-corrected chi connectivity index (χ3v) is 10.8. The molecule has 2 fully saturated rings. The summed E-state index contributed by atoms with van der Waals surface area (Å²) < 4.78 is 0. The highest BCUT2D eigenvalue weighted by molar-refractivity contribution is 5.41. The molecule has 170 valence electrons. The van der Waals surface area contributed by atoms with Crippen molar-refractivity contribution in [3.05, 3.63) is 23.8 Å². The number of hydrogen-bond donors (Lipinski definition) is 1. The van der Waals surface area contributed by atoms with Gasteiger partial charge in [0.05, 0.1) is 6.10 Å². The monoisotopic (exact) mass is 412 g/mol. The van der Waals surface area contributed by atoms with Gasteiger partial charge in [0, 0.05) is 5.41 Å². The largest absolute Gasteiger partial charge is 0.393 e. The van der Waals surface area contributed by atoms with E-state index in [9.17, 15) is 5.11 Å². The number of fused-ring (bicyclic) bond motifs is 4. The lowest BCUT2D eigenvalue weighted by atomic mass is 9.46. The van der Waals surface area contributed by atoms with Crippen LogP contribution in [-0.4, -0.2) is 11.2 Å². The lowest BCUT2D eigenvalue weighted by Gasteiger charge is -2.59. The average Bonchev–Trinajstić information content (AvgIpc) is 3.01. The first-order valence-corrected chi connectivity index (χ1v) is 13.2. The quantitative estimate of drug-likeness (QED) is 0.437. The van der Waals surface area contributed by atoms with Crippen LogP contribution in [0, 0.1) is 39.9 Å². The summed E-state index contributed by atoms with van der Waals surface area (Å²) in [6.07, 6.45) is 17.7. The van der Waals surface area contributed by atoms with Crippen LogP contribution >= 0.6 is 0 Å². The Hall–Kier alpha value is -0.560.